The fourth-order valence-corrected chi connectivity index (χ4v) is 4.86. The number of aryl methyl sites for hydroxylation is 1. The number of ether oxygens (including phenoxy) is 2. The average Bonchev–Trinajstić information content (AvgIpc) is 3.29. The van der Waals surface area contributed by atoms with E-state index in [-0.39, 0.29) is 18.1 Å². The third kappa shape index (κ3) is 6.20. The lowest BCUT2D eigenvalue weighted by Gasteiger charge is -2.37. The zero-order valence-electron chi connectivity index (χ0n) is 20.6. The van der Waals surface area contributed by atoms with Gasteiger partial charge >= 0.3 is 0 Å². The van der Waals surface area contributed by atoms with E-state index in [9.17, 15) is 4.79 Å². The van der Waals surface area contributed by atoms with Gasteiger partial charge in [0.05, 0.1) is 20.4 Å². The molecule has 0 unspecified atom stereocenters. The first-order chi connectivity index (χ1) is 16.4. The largest absolute Gasteiger partial charge is 0.497 e. The Labute approximate surface area is 202 Å². The van der Waals surface area contributed by atoms with E-state index in [2.05, 4.69) is 40.2 Å². The van der Waals surface area contributed by atoms with Crippen LogP contribution in [0, 0.1) is 0 Å². The Balaban J connectivity index is 1.26. The maximum atomic E-state index is 12.8. The summed E-state index contributed by atoms with van der Waals surface area (Å²) >= 11 is 0. The minimum Gasteiger partial charge on any atom is -0.497 e. The van der Waals surface area contributed by atoms with Crippen molar-refractivity contribution in [2.24, 2.45) is 0 Å². The molecule has 2 aliphatic rings. The Hall–Kier alpha value is -2.81. The summed E-state index contributed by atoms with van der Waals surface area (Å²) in [6, 6.07) is 15.0. The van der Waals surface area contributed by atoms with Gasteiger partial charge in [0.25, 0.3) is 5.91 Å². The Morgan fingerprint density at radius 2 is 1.65 bits per heavy atom. The molecular weight excluding hydrogens is 430 g/mol. The molecule has 0 bridgehead atoms. The lowest BCUT2D eigenvalue weighted by atomic mass is 10.0. The highest BCUT2D eigenvalue weighted by Crippen LogP contribution is 2.24. The number of hydrogen-bond donors (Lipinski definition) is 4. The van der Waals surface area contributed by atoms with Crippen LogP contribution >= 0.6 is 0 Å². The zero-order valence-corrected chi connectivity index (χ0v) is 20.6. The third-order valence-corrected chi connectivity index (χ3v) is 6.53. The fourth-order valence-electron chi connectivity index (χ4n) is 4.86. The number of nitrogens with zero attached hydrogens (tertiary/aromatic N) is 1. The van der Waals surface area contributed by atoms with E-state index in [1.54, 1.807) is 14.2 Å². The van der Waals surface area contributed by atoms with Crippen LogP contribution in [0.1, 0.15) is 42.6 Å². The maximum Gasteiger partial charge on any atom is 0.252 e. The van der Waals surface area contributed by atoms with Crippen LogP contribution in [-0.2, 0) is 6.42 Å². The molecule has 8 nitrogen and oxygen atoms in total. The molecule has 2 fully saturated rings. The number of nitrogens with one attached hydrogen (secondary N) is 4. The summed E-state index contributed by atoms with van der Waals surface area (Å²) in [6.07, 6.45) is 2.54. The smallest absolute Gasteiger partial charge is 0.252 e. The van der Waals surface area contributed by atoms with Crippen LogP contribution in [0.15, 0.2) is 42.5 Å². The van der Waals surface area contributed by atoms with Crippen molar-refractivity contribution in [2.45, 2.75) is 57.4 Å². The number of piperazine rings is 1. The van der Waals surface area contributed by atoms with Gasteiger partial charge in [-0.15, -0.1) is 0 Å². The molecule has 0 aliphatic carbocycles. The van der Waals surface area contributed by atoms with E-state index in [0.29, 0.717) is 17.6 Å². The molecule has 1 amide bonds. The van der Waals surface area contributed by atoms with Gasteiger partial charge in [0.2, 0.25) is 0 Å². The number of rotatable bonds is 8. The molecule has 4 N–H and O–H groups in total. The van der Waals surface area contributed by atoms with Crippen molar-refractivity contribution < 1.29 is 14.3 Å². The SMILES string of the molecule is COc1cc(CC[C@@H]2C[C@H](NC(=O)c3ccc(N4C[C@H](C)N[C@@H](C)C4)cc3)NN2)cc(OC)c1. The van der Waals surface area contributed by atoms with Crippen LogP contribution in [0.2, 0.25) is 0 Å². The molecule has 184 valence electrons. The maximum absolute atomic E-state index is 12.8. The second-order valence-corrected chi connectivity index (χ2v) is 9.43. The molecule has 2 aromatic rings. The number of benzene rings is 2. The number of carbonyl (C=O) groups excluding carboxylic acids is 1. The minimum absolute atomic E-state index is 0.0638. The van der Waals surface area contributed by atoms with Crippen LogP contribution in [-0.4, -0.2) is 57.5 Å². The van der Waals surface area contributed by atoms with Gasteiger partial charge in [-0.3, -0.25) is 10.2 Å². The first-order valence-electron chi connectivity index (χ1n) is 12.1. The molecule has 2 saturated heterocycles. The van der Waals surface area contributed by atoms with Crippen molar-refractivity contribution in [3.8, 4) is 11.5 Å². The van der Waals surface area contributed by atoms with Crippen LogP contribution < -0.4 is 35.9 Å². The monoisotopic (exact) mass is 467 g/mol. The summed E-state index contributed by atoms with van der Waals surface area (Å²) in [5.74, 6) is 1.53. The van der Waals surface area contributed by atoms with Gasteiger partial charge in [0.1, 0.15) is 11.5 Å². The number of anilines is 1. The summed E-state index contributed by atoms with van der Waals surface area (Å²) in [7, 11) is 3.32. The first kappa shape index (κ1) is 24.3. The first-order valence-corrected chi connectivity index (χ1v) is 12.1. The van der Waals surface area contributed by atoms with Crippen molar-refractivity contribution in [3.63, 3.8) is 0 Å². The summed E-state index contributed by atoms with van der Waals surface area (Å²) in [4.78, 5) is 15.2. The van der Waals surface area contributed by atoms with Crippen molar-refractivity contribution in [1.82, 2.24) is 21.5 Å². The van der Waals surface area contributed by atoms with Crippen molar-refractivity contribution >= 4 is 11.6 Å². The Kier molecular flexibility index (Phi) is 7.92. The summed E-state index contributed by atoms with van der Waals surface area (Å²) in [5.41, 5.74) is 9.53. The highest BCUT2D eigenvalue weighted by Gasteiger charge is 2.25. The average molecular weight is 468 g/mol. The second-order valence-electron chi connectivity index (χ2n) is 9.43. The summed E-state index contributed by atoms with van der Waals surface area (Å²) in [5, 5.41) is 6.65. The van der Waals surface area contributed by atoms with Crippen molar-refractivity contribution in [2.75, 3.05) is 32.2 Å². The molecule has 2 aromatic carbocycles. The van der Waals surface area contributed by atoms with E-state index >= 15 is 0 Å². The van der Waals surface area contributed by atoms with Crippen molar-refractivity contribution in [3.05, 3.63) is 53.6 Å². The molecule has 0 spiro atoms. The van der Waals surface area contributed by atoms with Gasteiger partial charge in [-0.25, -0.2) is 5.43 Å². The highest BCUT2D eigenvalue weighted by molar-refractivity contribution is 5.94. The number of methoxy groups -OCH3 is 2. The van der Waals surface area contributed by atoms with Gasteiger partial charge in [-0.1, -0.05) is 0 Å². The number of hydrazine groups is 1. The zero-order chi connectivity index (χ0) is 24.1. The molecule has 2 aliphatic heterocycles. The van der Waals surface area contributed by atoms with Crippen molar-refractivity contribution in [1.29, 1.82) is 0 Å². The quantitative estimate of drug-likeness (QED) is 0.474. The Morgan fingerprint density at radius 1 is 1.00 bits per heavy atom. The van der Waals surface area contributed by atoms with Gasteiger partial charge in [0.15, 0.2) is 0 Å². The minimum atomic E-state index is -0.105. The Morgan fingerprint density at radius 3 is 2.26 bits per heavy atom. The van der Waals surface area contributed by atoms with Crippen LogP contribution in [0.25, 0.3) is 0 Å². The normalized spacial score (nSPS) is 24.6. The van der Waals surface area contributed by atoms with Gasteiger partial charge in [-0.2, -0.15) is 0 Å². The topological polar surface area (TPSA) is 86.9 Å². The van der Waals surface area contributed by atoms with Gasteiger partial charge in [-0.05, 0) is 75.1 Å². The standard InChI is InChI=1S/C26H37N5O3/c1-17-15-31(16-18(2)27-17)22-9-6-20(7-10-22)26(32)28-25-13-21(29-30-25)8-5-19-11-23(33-3)14-24(12-19)34-4/h6-7,9-12,14,17-18,21,25,27,29-30H,5,8,13,15-16H2,1-4H3,(H,28,32)/t17-,18-,21+,25+/m0/s1. The summed E-state index contributed by atoms with van der Waals surface area (Å²) in [6.45, 7) is 6.34. The predicted octanol–water partition coefficient (Wildman–Crippen LogP) is 2.45. The number of carbonyl (C=O) groups is 1. The molecule has 0 radical (unpaired) electrons. The lowest BCUT2D eigenvalue weighted by molar-refractivity contribution is 0.0932. The molecule has 4 rings (SSSR count). The van der Waals surface area contributed by atoms with Crippen LogP contribution in [0.3, 0.4) is 0 Å². The fraction of sp³-hybridized carbons (Fsp3) is 0.500. The van der Waals surface area contributed by atoms with E-state index in [0.717, 1.165) is 49.5 Å². The number of hydrogen-bond acceptors (Lipinski definition) is 7. The molecule has 0 aromatic heterocycles. The predicted molar refractivity (Wildman–Crippen MR) is 135 cm³/mol. The van der Waals surface area contributed by atoms with E-state index in [4.69, 9.17) is 9.47 Å². The van der Waals surface area contributed by atoms with E-state index in [1.165, 1.54) is 5.56 Å². The lowest BCUT2D eigenvalue weighted by Crippen LogP contribution is -2.54. The summed E-state index contributed by atoms with van der Waals surface area (Å²) < 4.78 is 10.7. The number of amides is 1. The molecule has 8 heteroatoms. The molecule has 34 heavy (non-hydrogen) atoms. The van der Waals surface area contributed by atoms with Crippen LogP contribution in [0.4, 0.5) is 5.69 Å². The molecule has 2 heterocycles. The molecule has 4 atom stereocenters. The van der Waals surface area contributed by atoms with Gasteiger partial charge < -0.3 is 25.0 Å². The van der Waals surface area contributed by atoms with Crippen LogP contribution in [0.5, 0.6) is 11.5 Å². The molecule has 0 saturated carbocycles. The second kappa shape index (κ2) is 11.1. The highest BCUT2D eigenvalue weighted by atomic mass is 16.5. The Bertz CT molecular complexity index is 935. The third-order valence-electron chi connectivity index (χ3n) is 6.53. The molecular formula is C26H37N5O3. The van der Waals surface area contributed by atoms with Gasteiger partial charge in [0, 0.05) is 48.5 Å². The van der Waals surface area contributed by atoms with E-state index < -0.39 is 0 Å². The van der Waals surface area contributed by atoms with E-state index in [1.807, 2.05) is 42.5 Å².